The summed E-state index contributed by atoms with van der Waals surface area (Å²) < 4.78 is 13.6. The third kappa shape index (κ3) is 2.08. The van der Waals surface area contributed by atoms with Crippen LogP contribution >= 0.6 is 15.9 Å². The molecule has 0 saturated heterocycles. The van der Waals surface area contributed by atoms with Gasteiger partial charge in [-0.15, -0.1) is 0 Å². The maximum Gasteiger partial charge on any atom is 0.172 e. The number of benzene rings is 1. The fourth-order valence-electron chi connectivity index (χ4n) is 1.30. The van der Waals surface area contributed by atoms with Gasteiger partial charge in [-0.25, -0.2) is 4.39 Å². The Hall–Kier alpha value is -0.810. The standard InChI is InChI=1S/C10H12BrFO3/c1-10(2,4-13)7-5(12)3-6(14)9(15)8(7)11/h3,13-15H,4H2,1-2H3. The molecule has 0 atom stereocenters. The van der Waals surface area contributed by atoms with Crippen LogP contribution in [0.3, 0.4) is 0 Å². The number of aromatic hydroxyl groups is 2. The molecular weight excluding hydrogens is 267 g/mol. The van der Waals surface area contributed by atoms with Crippen molar-refractivity contribution in [2.75, 3.05) is 6.61 Å². The summed E-state index contributed by atoms with van der Waals surface area (Å²) >= 11 is 3.00. The average molecular weight is 279 g/mol. The zero-order valence-electron chi connectivity index (χ0n) is 8.38. The number of phenolic OH excluding ortho intramolecular Hbond substituents is 2. The van der Waals surface area contributed by atoms with Crippen molar-refractivity contribution in [2.45, 2.75) is 19.3 Å². The van der Waals surface area contributed by atoms with Crippen molar-refractivity contribution in [3.05, 3.63) is 21.9 Å². The number of hydrogen-bond donors (Lipinski definition) is 3. The largest absolute Gasteiger partial charge is 0.504 e. The number of halogens is 2. The van der Waals surface area contributed by atoms with Gasteiger partial charge in [-0.05, 0) is 15.9 Å². The highest BCUT2D eigenvalue weighted by Gasteiger charge is 2.29. The second-order valence-electron chi connectivity index (χ2n) is 3.96. The lowest BCUT2D eigenvalue weighted by Gasteiger charge is -2.24. The number of hydrogen-bond acceptors (Lipinski definition) is 3. The van der Waals surface area contributed by atoms with Gasteiger partial charge in [0.05, 0.1) is 11.1 Å². The van der Waals surface area contributed by atoms with Crippen LogP contribution in [0.5, 0.6) is 11.5 Å². The van der Waals surface area contributed by atoms with E-state index >= 15 is 0 Å². The average Bonchev–Trinajstić information content (AvgIpc) is 2.14. The quantitative estimate of drug-likeness (QED) is 0.728. The van der Waals surface area contributed by atoms with Crippen molar-refractivity contribution in [3.63, 3.8) is 0 Å². The molecule has 0 bridgehead atoms. The van der Waals surface area contributed by atoms with Crippen LogP contribution in [0, 0.1) is 5.82 Å². The highest BCUT2D eigenvalue weighted by Crippen LogP contribution is 2.42. The molecule has 0 aliphatic carbocycles. The van der Waals surface area contributed by atoms with Crippen LogP contribution < -0.4 is 0 Å². The van der Waals surface area contributed by atoms with Crippen molar-refractivity contribution in [1.29, 1.82) is 0 Å². The highest BCUT2D eigenvalue weighted by molar-refractivity contribution is 9.10. The molecule has 1 aromatic rings. The molecule has 0 radical (unpaired) electrons. The Morgan fingerprint density at radius 3 is 2.40 bits per heavy atom. The highest BCUT2D eigenvalue weighted by atomic mass is 79.9. The fourth-order valence-corrected chi connectivity index (χ4v) is 2.22. The normalized spacial score (nSPS) is 11.8. The Morgan fingerprint density at radius 2 is 1.93 bits per heavy atom. The minimum Gasteiger partial charge on any atom is -0.504 e. The van der Waals surface area contributed by atoms with E-state index in [0.717, 1.165) is 6.07 Å². The van der Waals surface area contributed by atoms with Crippen molar-refractivity contribution in [1.82, 2.24) is 0 Å². The van der Waals surface area contributed by atoms with Crippen LogP contribution in [0.2, 0.25) is 0 Å². The van der Waals surface area contributed by atoms with Gasteiger partial charge in [-0.2, -0.15) is 0 Å². The van der Waals surface area contributed by atoms with Crippen LogP contribution in [0.4, 0.5) is 4.39 Å². The summed E-state index contributed by atoms with van der Waals surface area (Å²) in [5.74, 6) is -1.62. The molecule has 3 nitrogen and oxygen atoms in total. The topological polar surface area (TPSA) is 60.7 Å². The van der Waals surface area contributed by atoms with E-state index in [0.29, 0.717) is 0 Å². The maximum absolute atomic E-state index is 13.6. The number of phenols is 2. The summed E-state index contributed by atoms with van der Waals surface area (Å²) in [5.41, 5.74) is -0.700. The van der Waals surface area contributed by atoms with Crippen LogP contribution in [0.1, 0.15) is 19.4 Å². The second-order valence-corrected chi connectivity index (χ2v) is 4.75. The molecule has 0 aromatic heterocycles. The molecule has 0 heterocycles. The van der Waals surface area contributed by atoms with Crippen molar-refractivity contribution in [3.8, 4) is 11.5 Å². The third-order valence-corrected chi connectivity index (χ3v) is 3.02. The minimum atomic E-state index is -0.839. The Bertz CT molecular complexity index is 391. The molecule has 0 spiro atoms. The lowest BCUT2D eigenvalue weighted by atomic mass is 9.85. The molecule has 5 heteroatoms. The minimum absolute atomic E-state index is 0.0686. The van der Waals surface area contributed by atoms with E-state index in [1.54, 1.807) is 13.8 Å². The molecule has 1 aromatic carbocycles. The van der Waals surface area contributed by atoms with E-state index in [1.165, 1.54) is 0 Å². The van der Waals surface area contributed by atoms with E-state index < -0.39 is 22.7 Å². The summed E-state index contributed by atoms with van der Waals surface area (Å²) in [6, 6.07) is 0.826. The maximum atomic E-state index is 13.6. The lowest BCUT2D eigenvalue weighted by Crippen LogP contribution is -2.24. The van der Waals surface area contributed by atoms with Crippen LogP contribution in [0.25, 0.3) is 0 Å². The summed E-state index contributed by atoms with van der Waals surface area (Å²) in [7, 11) is 0. The lowest BCUT2D eigenvalue weighted by molar-refractivity contribution is 0.213. The van der Waals surface area contributed by atoms with Gasteiger partial charge in [-0.3, -0.25) is 0 Å². The summed E-state index contributed by atoms with van der Waals surface area (Å²) in [5, 5.41) is 27.7. The Morgan fingerprint density at radius 1 is 1.40 bits per heavy atom. The molecule has 1 rings (SSSR count). The predicted octanol–water partition coefficient (Wildman–Crippen LogP) is 2.27. The molecular formula is C10H12BrFO3. The van der Waals surface area contributed by atoms with E-state index in [9.17, 15) is 9.50 Å². The van der Waals surface area contributed by atoms with E-state index in [4.69, 9.17) is 10.2 Å². The molecule has 0 fully saturated rings. The zero-order chi connectivity index (χ0) is 11.8. The monoisotopic (exact) mass is 278 g/mol. The van der Waals surface area contributed by atoms with Crippen molar-refractivity contribution < 1.29 is 19.7 Å². The van der Waals surface area contributed by atoms with E-state index in [1.807, 2.05) is 0 Å². The van der Waals surface area contributed by atoms with Gasteiger partial charge in [0.15, 0.2) is 11.5 Å². The molecule has 15 heavy (non-hydrogen) atoms. The first-order chi connectivity index (χ1) is 6.81. The van der Waals surface area contributed by atoms with E-state index in [-0.39, 0.29) is 16.6 Å². The van der Waals surface area contributed by atoms with Crippen molar-refractivity contribution >= 4 is 15.9 Å². The first-order valence-corrected chi connectivity index (χ1v) is 5.12. The first kappa shape index (κ1) is 12.3. The van der Waals surface area contributed by atoms with Gasteiger partial charge in [0, 0.05) is 17.0 Å². The van der Waals surface area contributed by atoms with Gasteiger partial charge in [0.1, 0.15) is 5.82 Å². The predicted molar refractivity (Wildman–Crippen MR) is 57.5 cm³/mol. The fraction of sp³-hybridized carbons (Fsp3) is 0.400. The van der Waals surface area contributed by atoms with Gasteiger partial charge in [0.2, 0.25) is 0 Å². The van der Waals surface area contributed by atoms with Crippen LogP contribution in [-0.4, -0.2) is 21.9 Å². The van der Waals surface area contributed by atoms with Gasteiger partial charge in [-0.1, -0.05) is 13.8 Å². The molecule has 0 amide bonds. The second kappa shape index (κ2) is 3.98. The van der Waals surface area contributed by atoms with Crippen LogP contribution in [0.15, 0.2) is 10.5 Å². The van der Waals surface area contributed by atoms with Gasteiger partial charge >= 0.3 is 0 Å². The van der Waals surface area contributed by atoms with Crippen molar-refractivity contribution in [2.24, 2.45) is 0 Å². The zero-order valence-corrected chi connectivity index (χ0v) is 9.97. The Balaban J connectivity index is 3.49. The molecule has 84 valence electrons. The third-order valence-electron chi connectivity index (χ3n) is 2.24. The summed E-state index contributed by atoms with van der Waals surface area (Å²) in [6.45, 7) is 2.99. The van der Waals surface area contributed by atoms with Crippen LogP contribution in [-0.2, 0) is 5.41 Å². The van der Waals surface area contributed by atoms with E-state index in [2.05, 4.69) is 15.9 Å². The molecule has 0 saturated carbocycles. The number of rotatable bonds is 2. The van der Waals surface area contributed by atoms with Gasteiger partial charge in [0.25, 0.3) is 0 Å². The Labute approximate surface area is 95.3 Å². The summed E-state index contributed by atoms with van der Waals surface area (Å²) in [6.07, 6.45) is 0. The number of aliphatic hydroxyl groups excluding tert-OH is 1. The summed E-state index contributed by atoms with van der Waals surface area (Å²) in [4.78, 5) is 0. The molecule has 3 N–H and O–H groups in total. The molecule has 0 aliphatic rings. The number of aliphatic hydroxyl groups is 1. The Kier molecular flexibility index (Phi) is 3.25. The SMILES string of the molecule is CC(C)(CO)c1c(F)cc(O)c(O)c1Br. The molecule has 0 unspecified atom stereocenters. The first-order valence-electron chi connectivity index (χ1n) is 4.32. The molecule has 0 aliphatic heterocycles. The van der Waals surface area contributed by atoms with Gasteiger partial charge < -0.3 is 15.3 Å². The smallest absolute Gasteiger partial charge is 0.172 e.